The Balaban J connectivity index is 1.72. The second-order valence-electron chi connectivity index (χ2n) is 6.62. The van der Waals surface area contributed by atoms with Gasteiger partial charge in [-0.1, -0.05) is 24.4 Å². The third-order valence-electron chi connectivity index (χ3n) is 4.81. The fourth-order valence-electron chi connectivity index (χ4n) is 3.59. The summed E-state index contributed by atoms with van der Waals surface area (Å²) in [5, 5.41) is 15.8. The Morgan fingerprint density at radius 2 is 2.12 bits per heavy atom. The summed E-state index contributed by atoms with van der Waals surface area (Å²) >= 11 is 1.90. The maximum Gasteiger partial charge on any atom is 0.318 e. The third kappa shape index (κ3) is 6.01. The summed E-state index contributed by atoms with van der Waals surface area (Å²) in [6.45, 7) is 1.31. The molecule has 2 aliphatic heterocycles. The van der Waals surface area contributed by atoms with E-state index in [2.05, 4.69) is 15.3 Å². The molecule has 0 aliphatic carbocycles. The van der Waals surface area contributed by atoms with Crippen LogP contribution in [0, 0.1) is 0 Å². The van der Waals surface area contributed by atoms with E-state index in [4.69, 9.17) is 10.6 Å². The standard InChI is InChI=1S/C16H27N5O3S/c17-20-18-9-5-1-2-6-10-21-15-12(19-16(21)24)11-25-13(15)7-3-4-8-14(22)23/h12-13,15H,1-11H2,(H,19,24)(H,22,23)/t12-,13-,15-/m1/s1. The summed E-state index contributed by atoms with van der Waals surface area (Å²) in [4.78, 5) is 27.6. The molecule has 9 heteroatoms. The van der Waals surface area contributed by atoms with Crippen molar-refractivity contribution in [2.24, 2.45) is 5.11 Å². The first kappa shape index (κ1) is 19.7. The van der Waals surface area contributed by atoms with E-state index in [-0.39, 0.29) is 24.5 Å². The van der Waals surface area contributed by atoms with Crippen molar-refractivity contribution >= 4 is 23.8 Å². The number of unbranched alkanes of at least 4 members (excludes halogenated alkanes) is 4. The number of nitrogens with one attached hydrogen (secondary N) is 1. The normalized spacial score (nSPS) is 24.7. The Morgan fingerprint density at radius 1 is 1.32 bits per heavy atom. The van der Waals surface area contributed by atoms with Crippen molar-refractivity contribution in [3.05, 3.63) is 10.4 Å². The Kier molecular flexibility index (Phi) is 8.21. The highest BCUT2D eigenvalue weighted by Crippen LogP contribution is 2.37. The number of carboxylic acids is 1. The molecule has 0 aromatic rings. The first-order chi connectivity index (χ1) is 12.1. The summed E-state index contributed by atoms with van der Waals surface area (Å²) < 4.78 is 0. The summed E-state index contributed by atoms with van der Waals surface area (Å²) in [6.07, 6.45) is 6.69. The lowest BCUT2D eigenvalue weighted by Gasteiger charge is -2.27. The quantitative estimate of drug-likeness (QED) is 0.180. The maximum absolute atomic E-state index is 12.2. The number of rotatable bonds is 12. The molecule has 0 aromatic heterocycles. The molecular formula is C16H27N5O3S. The second-order valence-corrected chi connectivity index (χ2v) is 7.89. The molecule has 0 aromatic carbocycles. The van der Waals surface area contributed by atoms with Crippen LogP contribution in [0.15, 0.2) is 5.11 Å². The molecule has 0 unspecified atom stereocenters. The van der Waals surface area contributed by atoms with Gasteiger partial charge in [0, 0.05) is 35.4 Å². The number of urea groups is 1. The van der Waals surface area contributed by atoms with Gasteiger partial charge in [-0.2, -0.15) is 11.8 Å². The second kappa shape index (κ2) is 10.4. The number of hydrogen-bond donors (Lipinski definition) is 2. The van der Waals surface area contributed by atoms with Crippen molar-refractivity contribution in [2.75, 3.05) is 18.8 Å². The van der Waals surface area contributed by atoms with Crippen LogP contribution < -0.4 is 5.32 Å². The summed E-state index contributed by atoms with van der Waals surface area (Å²) in [7, 11) is 0. The van der Waals surface area contributed by atoms with Crippen molar-refractivity contribution in [1.82, 2.24) is 10.2 Å². The minimum Gasteiger partial charge on any atom is -0.481 e. The smallest absolute Gasteiger partial charge is 0.318 e. The SMILES string of the molecule is [N-]=[N+]=NCCCCCCN1C(=O)N[C@@H]2CS[C@H](CCCCC(=O)O)[C@@H]21. The number of hydrogen-bond acceptors (Lipinski definition) is 4. The van der Waals surface area contributed by atoms with Gasteiger partial charge in [-0.3, -0.25) is 4.79 Å². The van der Waals surface area contributed by atoms with Gasteiger partial charge in [0.1, 0.15) is 0 Å². The molecule has 0 spiro atoms. The molecule has 2 heterocycles. The van der Waals surface area contributed by atoms with E-state index < -0.39 is 5.97 Å². The molecule has 2 amide bonds. The van der Waals surface area contributed by atoms with Crippen LogP contribution in [0.25, 0.3) is 10.4 Å². The first-order valence-corrected chi connectivity index (χ1v) is 10.1. The molecule has 25 heavy (non-hydrogen) atoms. The van der Waals surface area contributed by atoms with E-state index >= 15 is 0 Å². The lowest BCUT2D eigenvalue weighted by molar-refractivity contribution is -0.137. The highest BCUT2D eigenvalue weighted by Gasteiger charge is 2.47. The van der Waals surface area contributed by atoms with Crippen LogP contribution in [0.3, 0.4) is 0 Å². The Labute approximate surface area is 152 Å². The molecule has 8 nitrogen and oxygen atoms in total. The number of thioether (sulfide) groups is 1. The van der Waals surface area contributed by atoms with Gasteiger partial charge in [0.05, 0.1) is 12.1 Å². The summed E-state index contributed by atoms with van der Waals surface area (Å²) in [5.74, 6) is 0.208. The van der Waals surface area contributed by atoms with E-state index in [9.17, 15) is 9.59 Å². The fourth-order valence-corrected chi connectivity index (χ4v) is 5.20. The topological polar surface area (TPSA) is 118 Å². The van der Waals surface area contributed by atoms with Crippen LogP contribution >= 0.6 is 11.8 Å². The molecule has 2 rings (SSSR count). The maximum atomic E-state index is 12.2. The fraction of sp³-hybridized carbons (Fsp3) is 0.875. The van der Waals surface area contributed by atoms with Gasteiger partial charge in [0.2, 0.25) is 0 Å². The largest absolute Gasteiger partial charge is 0.481 e. The predicted molar refractivity (Wildman–Crippen MR) is 97.6 cm³/mol. The molecule has 0 saturated carbocycles. The molecule has 2 aliphatic rings. The summed E-state index contributed by atoms with van der Waals surface area (Å²) in [5.41, 5.74) is 8.23. The van der Waals surface area contributed by atoms with Crippen LogP contribution in [0.5, 0.6) is 0 Å². The average Bonchev–Trinajstić information content (AvgIpc) is 3.10. The van der Waals surface area contributed by atoms with Crippen LogP contribution in [0.4, 0.5) is 4.79 Å². The monoisotopic (exact) mass is 369 g/mol. The summed E-state index contributed by atoms with van der Waals surface area (Å²) in [6, 6.07) is 0.511. The average molecular weight is 369 g/mol. The van der Waals surface area contributed by atoms with Gasteiger partial charge in [-0.05, 0) is 31.2 Å². The molecule has 0 radical (unpaired) electrons. The number of carbonyl (C=O) groups is 2. The zero-order valence-corrected chi connectivity index (χ0v) is 15.3. The van der Waals surface area contributed by atoms with Gasteiger partial charge in [0.25, 0.3) is 0 Å². The molecule has 140 valence electrons. The van der Waals surface area contributed by atoms with Crippen LogP contribution in [-0.2, 0) is 4.79 Å². The predicted octanol–water partition coefficient (Wildman–Crippen LogP) is 3.38. The van der Waals surface area contributed by atoms with Crippen molar-refractivity contribution in [1.29, 1.82) is 0 Å². The minimum absolute atomic E-state index is 0.0416. The molecule has 2 fully saturated rings. The highest BCUT2D eigenvalue weighted by molar-refractivity contribution is 8.00. The van der Waals surface area contributed by atoms with E-state index in [1.807, 2.05) is 16.7 Å². The Bertz CT molecular complexity index is 512. The van der Waals surface area contributed by atoms with Crippen molar-refractivity contribution in [3.8, 4) is 0 Å². The number of carboxylic acid groups (broad SMARTS) is 1. The van der Waals surface area contributed by atoms with Gasteiger partial charge >= 0.3 is 12.0 Å². The molecule has 0 bridgehead atoms. The Hall–Kier alpha value is -1.60. The number of fused-ring (bicyclic) bond motifs is 1. The molecule has 2 N–H and O–H groups in total. The lowest BCUT2D eigenvalue weighted by Crippen LogP contribution is -2.41. The minimum atomic E-state index is -0.739. The lowest BCUT2D eigenvalue weighted by atomic mass is 10.0. The van der Waals surface area contributed by atoms with Crippen molar-refractivity contribution < 1.29 is 14.7 Å². The van der Waals surface area contributed by atoms with E-state index in [0.29, 0.717) is 18.2 Å². The van der Waals surface area contributed by atoms with Crippen molar-refractivity contribution in [3.63, 3.8) is 0 Å². The van der Waals surface area contributed by atoms with Crippen LogP contribution in [0.1, 0.15) is 51.4 Å². The third-order valence-corrected chi connectivity index (χ3v) is 6.31. The van der Waals surface area contributed by atoms with E-state index in [1.165, 1.54) is 0 Å². The molecule has 3 atom stereocenters. The van der Waals surface area contributed by atoms with Crippen molar-refractivity contribution in [2.45, 2.75) is 68.7 Å². The van der Waals surface area contributed by atoms with Crippen LogP contribution in [-0.4, -0.2) is 58.2 Å². The van der Waals surface area contributed by atoms with Gasteiger partial charge in [-0.15, -0.1) is 0 Å². The number of carbonyl (C=O) groups excluding carboxylic acids is 1. The van der Waals surface area contributed by atoms with Gasteiger partial charge in [0.15, 0.2) is 0 Å². The Morgan fingerprint density at radius 3 is 2.88 bits per heavy atom. The van der Waals surface area contributed by atoms with Crippen LogP contribution in [0.2, 0.25) is 0 Å². The van der Waals surface area contributed by atoms with Gasteiger partial charge in [-0.25, -0.2) is 4.79 Å². The van der Waals surface area contributed by atoms with E-state index in [1.54, 1.807) is 0 Å². The number of nitrogens with zero attached hydrogens (tertiary/aromatic N) is 4. The number of aliphatic carboxylic acids is 1. The number of amides is 2. The molecule has 2 saturated heterocycles. The first-order valence-electron chi connectivity index (χ1n) is 9.05. The van der Waals surface area contributed by atoms with Gasteiger partial charge < -0.3 is 15.3 Å². The zero-order valence-electron chi connectivity index (χ0n) is 14.5. The number of azide groups is 1. The molecular weight excluding hydrogens is 342 g/mol. The highest BCUT2D eigenvalue weighted by atomic mass is 32.2. The zero-order chi connectivity index (χ0) is 18.1. The van der Waals surface area contributed by atoms with E-state index in [0.717, 1.165) is 50.8 Å².